The Bertz CT molecular complexity index is 1460. The van der Waals surface area contributed by atoms with Gasteiger partial charge in [-0.3, -0.25) is 29.8 Å². The van der Waals surface area contributed by atoms with Crippen molar-refractivity contribution in [3.63, 3.8) is 0 Å². The molecule has 2 N–H and O–H groups in total. The molecule has 38 heavy (non-hydrogen) atoms. The molecule has 0 aliphatic heterocycles. The van der Waals surface area contributed by atoms with Crippen molar-refractivity contribution >= 4 is 57.8 Å². The molecule has 0 saturated heterocycles. The first-order chi connectivity index (χ1) is 18.0. The highest BCUT2D eigenvalue weighted by Gasteiger charge is 2.22. The summed E-state index contributed by atoms with van der Waals surface area (Å²) in [4.78, 5) is 45.0. The average Bonchev–Trinajstić information content (AvgIpc) is 2.86. The average molecular weight is 562 g/mol. The standard InChI is InChI=1S/C23H17Cl2N5O8/c1-12(27-28-23(32)22(31)26-16-9-14(24)8-15(25)10-16)13-3-5-20(21(7-13)37-2)38-19-6-4-17(29(33)34)11-18(19)30(35)36/h3-11H,1-2H3,(H,26,31)(H,28,32)/b27-12+. The number of benzene rings is 3. The molecule has 0 aliphatic rings. The molecular weight excluding hydrogens is 545 g/mol. The lowest BCUT2D eigenvalue weighted by Crippen LogP contribution is -2.32. The van der Waals surface area contributed by atoms with Crippen LogP contribution in [0, 0.1) is 20.2 Å². The van der Waals surface area contributed by atoms with Crippen LogP contribution in [-0.4, -0.2) is 34.5 Å². The summed E-state index contributed by atoms with van der Waals surface area (Å²) in [7, 11) is 1.33. The highest BCUT2D eigenvalue weighted by Crippen LogP contribution is 2.38. The van der Waals surface area contributed by atoms with Crippen molar-refractivity contribution in [2.24, 2.45) is 5.10 Å². The van der Waals surface area contributed by atoms with E-state index in [2.05, 4.69) is 15.8 Å². The fourth-order valence-corrected chi connectivity index (χ4v) is 3.53. The number of rotatable bonds is 8. The number of amides is 2. The van der Waals surface area contributed by atoms with Gasteiger partial charge in [0, 0.05) is 27.4 Å². The molecule has 3 rings (SSSR count). The normalized spacial score (nSPS) is 10.9. The molecule has 3 aromatic rings. The molecule has 3 aromatic carbocycles. The molecule has 196 valence electrons. The summed E-state index contributed by atoms with van der Waals surface area (Å²) in [5, 5.41) is 29.1. The van der Waals surface area contributed by atoms with Gasteiger partial charge in [0.05, 0.1) is 28.7 Å². The molecule has 0 bridgehead atoms. The van der Waals surface area contributed by atoms with Crippen LogP contribution in [0.5, 0.6) is 17.2 Å². The quantitative estimate of drug-likeness (QED) is 0.165. The lowest BCUT2D eigenvalue weighted by molar-refractivity contribution is -0.394. The van der Waals surface area contributed by atoms with Gasteiger partial charge in [0.2, 0.25) is 5.75 Å². The van der Waals surface area contributed by atoms with Crippen LogP contribution in [0.3, 0.4) is 0 Å². The lowest BCUT2D eigenvalue weighted by Gasteiger charge is -2.12. The number of hydrogen-bond donors (Lipinski definition) is 2. The minimum Gasteiger partial charge on any atom is -0.493 e. The molecule has 0 heterocycles. The number of hydrazone groups is 1. The van der Waals surface area contributed by atoms with E-state index in [1.807, 2.05) is 0 Å². The molecule has 15 heteroatoms. The highest BCUT2D eigenvalue weighted by molar-refractivity contribution is 6.40. The fraction of sp³-hybridized carbons (Fsp3) is 0.0870. The van der Waals surface area contributed by atoms with Crippen LogP contribution in [0.2, 0.25) is 10.0 Å². The fourth-order valence-electron chi connectivity index (χ4n) is 3.01. The minimum atomic E-state index is -1.06. The maximum absolute atomic E-state index is 12.1. The van der Waals surface area contributed by atoms with E-state index in [0.29, 0.717) is 5.56 Å². The van der Waals surface area contributed by atoms with Crippen LogP contribution in [0.15, 0.2) is 59.7 Å². The van der Waals surface area contributed by atoms with Crippen LogP contribution in [0.25, 0.3) is 0 Å². The summed E-state index contributed by atoms with van der Waals surface area (Å²) in [5.74, 6) is -2.09. The molecule has 0 fully saturated rings. The number of ether oxygens (including phenoxy) is 2. The third kappa shape index (κ3) is 6.93. The zero-order valence-corrected chi connectivity index (χ0v) is 21.1. The summed E-state index contributed by atoms with van der Waals surface area (Å²) < 4.78 is 10.9. The molecule has 0 aliphatic carbocycles. The van der Waals surface area contributed by atoms with E-state index in [1.165, 1.54) is 43.5 Å². The first kappa shape index (κ1) is 27.8. The van der Waals surface area contributed by atoms with Gasteiger partial charge < -0.3 is 14.8 Å². The molecule has 0 unspecified atom stereocenters. The van der Waals surface area contributed by atoms with Gasteiger partial charge in [0.15, 0.2) is 11.5 Å². The van der Waals surface area contributed by atoms with Crippen molar-refractivity contribution in [3.8, 4) is 17.2 Å². The number of methoxy groups -OCH3 is 1. The Hall–Kier alpha value is -4.75. The van der Waals surface area contributed by atoms with Gasteiger partial charge in [-0.15, -0.1) is 0 Å². The van der Waals surface area contributed by atoms with Gasteiger partial charge in [-0.2, -0.15) is 5.10 Å². The van der Waals surface area contributed by atoms with Crippen molar-refractivity contribution in [1.29, 1.82) is 0 Å². The van der Waals surface area contributed by atoms with Gasteiger partial charge >= 0.3 is 17.5 Å². The lowest BCUT2D eigenvalue weighted by atomic mass is 10.1. The molecule has 0 atom stereocenters. The second-order valence-corrected chi connectivity index (χ2v) is 8.26. The highest BCUT2D eigenvalue weighted by atomic mass is 35.5. The third-order valence-electron chi connectivity index (χ3n) is 4.80. The number of halogens is 2. The van der Waals surface area contributed by atoms with Crippen molar-refractivity contribution < 1.29 is 28.9 Å². The predicted octanol–water partition coefficient (Wildman–Crippen LogP) is 5.09. The maximum atomic E-state index is 12.1. The Balaban J connectivity index is 1.75. The van der Waals surface area contributed by atoms with Gasteiger partial charge in [-0.25, -0.2) is 5.43 Å². The number of carbonyl (C=O) groups is 2. The second-order valence-electron chi connectivity index (χ2n) is 7.38. The first-order valence-electron chi connectivity index (χ1n) is 10.4. The molecule has 2 amide bonds. The SMILES string of the molecule is COc1cc(/C(C)=N/NC(=O)C(=O)Nc2cc(Cl)cc(Cl)c2)ccc1Oc1ccc([N+](=O)[O-])cc1[N+](=O)[O-]. The summed E-state index contributed by atoms with van der Waals surface area (Å²) in [6.45, 7) is 1.55. The van der Waals surface area contributed by atoms with Crippen molar-refractivity contribution in [2.45, 2.75) is 6.92 Å². The number of non-ortho nitro benzene ring substituents is 1. The third-order valence-corrected chi connectivity index (χ3v) is 5.24. The first-order valence-corrected chi connectivity index (χ1v) is 11.1. The zero-order valence-electron chi connectivity index (χ0n) is 19.6. The van der Waals surface area contributed by atoms with E-state index < -0.39 is 33.0 Å². The number of carbonyl (C=O) groups excluding carboxylic acids is 2. The van der Waals surface area contributed by atoms with Crippen LogP contribution in [0.4, 0.5) is 17.1 Å². The summed E-state index contributed by atoms with van der Waals surface area (Å²) >= 11 is 11.7. The largest absolute Gasteiger partial charge is 0.493 e. The van der Waals surface area contributed by atoms with Gasteiger partial charge in [0.1, 0.15) is 0 Å². The Morgan fingerprint density at radius 1 is 0.868 bits per heavy atom. The molecule has 0 spiro atoms. The molecular formula is C23H17Cl2N5O8. The van der Waals surface area contributed by atoms with Gasteiger partial charge in [0.25, 0.3) is 5.69 Å². The van der Waals surface area contributed by atoms with E-state index in [1.54, 1.807) is 6.92 Å². The van der Waals surface area contributed by atoms with Gasteiger partial charge in [-0.1, -0.05) is 23.2 Å². The summed E-state index contributed by atoms with van der Waals surface area (Å²) in [6.07, 6.45) is 0. The van der Waals surface area contributed by atoms with Crippen LogP contribution < -0.4 is 20.2 Å². The smallest absolute Gasteiger partial charge is 0.329 e. The Morgan fingerprint density at radius 3 is 2.13 bits per heavy atom. The number of hydrogen-bond acceptors (Lipinski definition) is 9. The number of nitrogens with one attached hydrogen (secondary N) is 2. The Labute approximate surface area is 224 Å². The number of nitro benzene ring substituents is 2. The van der Waals surface area contributed by atoms with E-state index in [4.69, 9.17) is 32.7 Å². The van der Waals surface area contributed by atoms with E-state index in [-0.39, 0.29) is 38.7 Å². The molecule has 0 aromatic heterocycles. The molecule has 0 radical (unpaired) electrons. The maximum Gasteiger partial charge on any atom is 0.329 e. The van der Waals surface area contributed by atoms with Crippen LogP contribution in [0.1, 0.15) is 12.5 Å². The van der Waals surface area contributed by atoms with Crippen molar-refractivity contribution in [2.75, 3.05) is 12.4 Å². The zero-order chi connectivity index (χ0) is 28.0. The van der Waals surface area contributed by atoms with E-state index in [0.717, 1.165) is 18.2 Å². The molecule has 0 saturated carbocycles. The monoisotopic (exact) mass is 561 g/mol. The van der Waals surface area contributed by atoms with Crippen LogP contribution >= 0.6 is 23.2 Å². The second kappa shape index (κ2) is 12.0. The number of nitro groups is 2. The van der Waals surface area contributed by atoms with Crippen molar-refractivity contribution in [3.05, 3.63) is 90.4 Å². The minimum absolute atomic E-state index is 0.0737. The Kier molecular flexibility index (Phi) is 8.78. The summed E-state index contributed by atoms with van der Waals surface area (Å²) in [6, 6.07) is 11.7. The van der Waals surface area contributed by atoms with E-state index in [9.17, 15) is 29.8 Å². The van der Waals surface area contributed by atoms with Crippen LogP contribution in [-0.2, 0) is 9.59 Å². The van der Waals surface area contributed by atoms with Crippen molar-refractivity contribution in [1.82, 2.24) is 5.43 Å². The molecule has 13 nitrogen and oxygen atoms in total. The number of anilines is 1. The van der Waals surface area contributed by atoms with E-state index >= 15 is 0 Å². The van der Waals surface area contributed by atoms with Gasteiger partial charge in [-0.05, 0) is 49.4 Å². The topological polar surface area (TPSA) is 175 Å². The summed E-state index contributed by atoms with van der Waals surface area (Å²) in [5.41, 5.74) is 2.00. The number of nitrogens with zero attached hydrogens (tertiary/aromatic N) is 3. The Morgan fingerprint density at radius 2 is 1.53 bits per heavy atom. The predicted molar refractivity (Wildman–Crippen MR) is 138 cm³/mol.